The molecule has 1 fully saturated rings. The lowest BCUT2D eigenvalue weighted by molar-refractivity contribution is 0.148. The smallest absolute Gasteiger partial charge is 0.407 e. The number of furan rings is 1. The van der Waals surface area contributed by atoms with Crippen molar-refractivity contribution in [1.29, 1.82) is 0 Å². The number of amides is 1. The van der Waals surface area contributed by atoms with E-state index in [4.69, 9.17) is 21.8 Å². The van der Waals surface area contributed by atoms with E-state index in [1.54, 1.807) is 18.2 Å². The van der Waals surface area contributed by atoms with Crippen LogP contribution in [0.4, 0.5) is 16.6 Å². The quantitative estimate of drug-likeness (QED) is 0.685. The van der Waals surface area contributed by atoms with Gasteiger partial charge in [-0.1, -0.05) is 11.6 Å². The molecule has 3 aromatic rings. The molecule has 130 valence electrons. The molecule has 1 aromatic carbocycles. The van der Waals surface area contributed by atoms with Crippen LogP contribution < -0.4 is 10.6 Å². The number of rotatable bonds is 1. The van der Waals surface area contributed by atoms with Crippen LogP contribution in [0.1, 0.15) is 6.42 Å². The number of nitrogens with zero attached hydrogens (tertiary/aromatic N) is 4. The summed E-state index contributed by atoms with van der Waals surface area (Å²) in [5, 5.41) is 10.5. The van der Waals surface area contributed by atoms with E-state index in [2.05, 4.69) is 9.97 Å². The van der Waals surface area contributed by atoms with Crippen LogP contribution in [0.25, 0.3) is 22.1 Å². The van der Waals surface area contributed by atoms with Crippen LogP contribution in [0, 0.1) is 0 Å². The van der Waals surface area contributed by atoms with E-state index in [0.29, 0.717) is 60.1 Å². The first kappa shape index (κ1) is 15.8. The van der Waals surface area contributed by atoms with E-state index in [0.717, 1.165) is 5.39 Å². The second-order valence-corrected chi connectivity index (χ2v) is 6.37. The van der Waals surface area contributed by atoms with Crippen molar-refractivity contribution in [2.24, 2.45) is 0 Å². The molecule has 0 unspecified atom stereocenters. The van der Waals surface area contributed by atoms with Crippen LogP contribution in [0.2, 0.25) is 5.02 Å². The van der Waals surface area contributed by atoms with Crippen molar-refractivity contribution in [1.82, 2.24) is 14.9 Å². The molecule has 4 rings (SSSR count). The zero-order valence-corrected chi connectivity index (χ0v) is 14.0. The number of nitrogen functional groups attached to an aromatic ring is 1. The van der Waals surface area contributed by atoms with Gasteiger partial charge in [0.2, 0.25) is 5.95 Å². The first-order valence-electron chi connectivity index (χ1n) is 7.91. The predicted octanol–water partition coefficient (Wildman–Crippen LogP) is 2.80. The van der Waals surface area contributed by atoms with Crippen molar-refractivity contribution in [3.05, 3.63) is 23.2 Å². The third-order valence-corrected chi connectivity index (χ3v) is 4.57. The fourth-order valence-corrected chi connectivity index (χ4v) is 3.33. The van der Waals surface area contributed by atoms with Crippen molar-refractivity contribution in [3.63, 3.8) is 0 Å². The molecule has 0 saturated carbocycles. The largest absolute Gasteiger partial charge is 0.465 e. The van der Waals surface area contributed by atoms with Gasteiger partial charge < -0.3 is 25.1 Å². The first-order chi connectivity index (χ1) is 12.0. The number of anilines is 2. The maximum absolute atomic E-state index is 11.2. The van der Waals surface area contributed by atoms with E-state index < -0.39 is 6.09 Å². The highest BCUT2D eigenvalue weighted by Crippen LogP contribution is 2.35. The zero-order valence-electron chi connectivity index (χ0n) is 13.3. The normalized spacial score (nSPS) is 15.7. The minimum absolute atomic E-state index is 0.143. The van der Waals surface area contributed by atoms with Crippen molar-refractivity contribution >= 4 is 51.5 Å². The molecule has 0 atom stereocenters. The Morgan fingerprint density at radius 3 is 2.88 bits per heavy atom. The van der Waals surface area contributed by atoms with E-state index in [1.807, 2.05) is 4.90 Å². The maximum Gasteiger partial charge on any atom is 0.407 e. The summed E-state index contributed by atoms with van der Waals surface area (Å²) in [4.78, 5) is 23.3. The Labute approximate surface area is 147 Å². The number of fused-ring (bicyclic) bond motifs is 3. The molecule has 0 bridgehead atoms. The van der Waals surface area contributed by atoms with Crippen LogP contribution in [0.15, 0.2) is 22.6 Å². The second kappa shape index (κ2) is 5.96. The van der Waals surface area contributed by atoms with Crippen LogP contribution >= 0.6 is 11.6 Å². The Kier molecular flexibility index (Phi) is 3.76. The number of hydrogen-bond donors (Lipinski definition) is 2. The molecular formula is C16H16ClN5O3. The van der Waals surface area contributed by atoms with Crippen LogP contribution in [-0.4, -0.2) is 52.2 Å². The van der Waals surface area contributed by atoms with E-state index in [9.17, 15) is 9.90 Å². The van der Waals surface area contributed by atoms with E-state index >= 15 is 0 Å². The second-order valence-electron chi connectivity index (χ2n) is 5.94. The van der Waals surface area contributed by atoms with E-state index in [1.165, 1.54) is 4.90 Å². The lowest BCUT2D eigenvalue weighted by atomic mass is 10.2. The van der Waals surface area contributed by atoms with Crippen molar-refractivity contribution < 1.29 is 14.3 Å². The minimum atomic E-state index is -0.910. The van der Waals surface area contributed by atoms with Gasteiger partial charge in [-0.2, -0.15) is 4.98 Å². The zero-order chi connectivity index (χ0) is 17.6. The van der Waals surface area contributed by atoms with Gasteiger partial charge in [0, 0.05) is 36.6 Å². The molecule has 9 heteroatoms. The minimum Gasteiger partial charge on any atom is -0.465 e. The number of halogens is 1. The average molecular weight is 362 g/mol. The molecule has 1 amide bonds. The van der Waals surface area contributed by atoms with E-state index in [-0.39, 0.29) is 5.95 Å². The summed E-state index contributed by atoms with van der Waals surface area (Å²) in [6.07, 6.45) is -0.211. The number of carbonyl (C=O) groups is 1. The third kappa shape index (κ3) is 2.78. The molecule has 1 aliphatic rings. The Morgan fingerprint density at radius 2 is 2.08 bits per heavy atom. The highest BCUT2D eigenvalue weighted by molar-refractivity contribution is 6.31. The molecular weight excluding hydrogens is 346 g/mol. The maximum atomic E-state index is 11.2. The van der Waals surface area contributed by atoms with Crippen molar-refractivity contribution in [2.45, 2.75) is 6.42 Å². The van der Waals surface area contributed by atoms with Crippen LogP contribution in [-0.2, 0) is 0 Å². The first-order valence-corrected chi connectivity index (χ1v) is 8.29. The van der Waals surface area contributed by atoms with Gasteiger partial charge in [-0.05, 0) is 24.6 Å². The van der Waals surface area contributed by atoms with Gasteiger partial charge >= 0.3 is 6.09 Å². The topological polar surface area (TPSA) is 109 Å². The predicted molar refractivity (Wildman–Crippen MR) is 95.2 cm³/mol. The Balaban J connectivity index is 1.81. The molecule has 2 aromatic heterocycles. The summed E-state index contributed by atoms with van der Waals surface area (Å²) >= 11 is 6.08. The van der Waals surface area contributed by atoms with Gasteiger partial charge in [0.15, 0.2) is 11.4 Å². The third-order valence-electron chi connectivity index (χ3n) is 4.34. The summed E-state index contributed by atoms with van der Waals surface area (Å²) < 4.78 is 5.95. The van der Waals surface area contributed by atoms with Crippen LogP contribution in [0.5, 0.6) is 0 Å². The molecule has 8 nitrogen and oxygen atoms in total. The molecule has 0 spiro atoms. The summed E-state index contributed by atoms with van der Waals surface area (Å²) in [5.74, 6) is 0.728. The standard InChI is InChI=1S/C16H16ClN5O3/c17-9-2-3-11-10(8-9)12-13(25-11)14(20-15(18)19-12)21-4-1-5-22(7-6-21)16(23)24/h2-3,8H,1,4-7H2,(H,23,24)(H2,18,19,20). The Hall–Kier alpha value is -2.74. The lowest BCUT2D eigenvalue weighted by Gasteiger charge is -2.21. The highest BCUT2D eigenvalue weighted by atomic mass is 35.5. The van der Waals surface area contributed by atoms with Gasteiger partial charge in [0.1, 0.15) is 11.1 Å². The number of aromatic nitrogens is 2. The molecule has 25 heavy (non-hydrogen) atoms. The van der Waals surface area contributed by atoms with Crippen molar-refractivity contribution in [2.75, 3.05) is 36.8 Å². The Bertz CT molecular complexity index is 973. The Morgan fingerprint density at radius 1 is 1.24 bits per heavy atom. The summed E-state index contributed by atoms with van der Waals surface area (Å²) in [6.45, 7) is 2.06. The van der Waals surface area contributed by atoms with Gasteiger partial charge in [-0.25, -0.2) is 9.78 Å². The van der Waals surface area contributed by atoms with Gasteiger partial charge in [0.25, 0.3) is 0 Å². The monoisotopic (exact) mass is 361 g/mol. The SMILES string of the molecule is Nc1nc(N2CCCN(C(=O)O)CC2)c2oc3ccc(Cl)cc3c2n1. The fourth-order valence-electron chi connectivity index (χ4n) is 3.15. The molecule has 3 heterocycles. The molecule has 1 aliphatic heterocycles. The van der Waals surface area contributed by atoms with Crippen molar-refractivity contribution in [3.8, 4) is 0 Å². The summed E-state index contributed by atoms with van der Waals surface area (Å²) in [6, 6.07) is 5.32. The van der Waals surface area contributed by atoms with Gasteiger partial charge in [-0.15, -0.1) is 0 Å². The molecule has 0 aliphatic carbocycles. The highest BCUT2D eigenvalue weighted by Gasteiger charge is 2.23. The lowest BCUT2D eigenvalue weighted by Crippen LogP contribution is -2.34. The van der Waals surface area contributed by atoms with Crippen LogP contribution in [0.3, 0.4) is 0 Å². The number of hydrogen-bond acceptors (Lipinski definition) is 6. The van der Waals surface area contributed by atoms with Gasteiger partial charge in [-0.3, -0.25) is 0 Å². The summed E-state index contributed by atoms with van der Waals surface area (Å²) in [5.41, 5.74) is 7.71. The summed E-state index contributed by atoms with van der Waals surface area (Å²) in [7, 11) is 0. The van der Waals surface area contributed by atoms with Gasteiger partial charge in [0.05, 0.1) is 0 Å². The number of benzene rings is 1. The molecule has 1 saturated heterocycles. The molecule has 0 radical (unpaired) electrons. The number of carboxylic acid groups (broad SMARTS) is 1. The number of nitrogens with two attached hydrogens (primary N) is 1. The molecule has 3 N–H and O–H groups in total. The average Bonchev–Trinajstić information content (AvgIpc) is 2.77. The fraction of sp³-hybridized carbons (Fsp3) is 0.312.